The molecule has 0 amide bonds. The van der Waals surface area contributed by atoms with Crippen LogP contribution < -0.4 is 5.48 Å². The number of aryl methyl sites for hydroxylation is 2. The van der Waals surface area contributed by atoms with E-state index >= 15 is 0 Å². The van der Waals surface area contributed by atoms with Gasteiger partial charge in [-0.25, -0.2) is 4.98 Å². The first kappa shape index (κ1) is 13.4. The Morgan fingerprint density at radius 2 is 2.06 bits per heavy atom. The number of nitrogens with one attached hydrogen (secondary N) is 1. The number of rotatable bonds is 4. The molecule has 0 radical (unpaired) electrons. The number of nitrogens with zero attached hydrogens (tertiary/aromatic N) is 1. The van der Waals surface area contributed by atoms with Crippen molar-refractivity contribution in [2.75, 3.05) is 6.61 Å². The molecule has 3 nitrogen and oxygen atoms in total. The predicted octanol–water partition coefficient (Wildman–Crippen LogP) is 2.90. The Labute approximate surface area is 95.6 Å². The third-order valence-electron chi connectivity index (χ3n) is 1.83. The lowest BCUT2D eigenvalue weighted by molar-refractivity contribution is -0.192. The second-order valence-electron chi connectivity index (χ2n) is 3.43. The molecule has 1 N–H and O–H groups in total. The fraction of sp³-hybridized carbons (Fsp3) is 0.667. The summed E-state index contributed by atoms with van der Waals surface area (Å²) in [6.07, 6.45) is -4.31. The van der Waals surface area contributed by atoms with Gasteiger partial charge in [0.15, 0.2) is 6.61 Å². The summed E-state index contributed by atoms with van der Waals surface area (Å²) in [7, 11) is 0. The molecule has 1 rings (SSSR count). The lowest BCUT2D eigenvalue weighted by Crippen LogP contribution is -2.26. The van der Waals surface area contributed by atoms with Gasteiger partial charge in [-0.05, 0) is 20.8 Å². The topological polar surface area (TPSA) is 34.2 Å². The van der Waals surface area contributed by atoms with Crippen LogP contribution in [0.1, 0.15) is 28.5 Å². The summed E-state index contributed by atoms with van der Waals surface area (Å²) >= 11 is 1.45. The van der Waals surface area contributed by atoms with Crippen LogP contribution in [0.5, 0.6) is 0 Å². The highest BCUT2D eigenvalue weighted by atomic mass is 32.1. The minimum absolute atomic E-state index is 0.298. The van der Waals surface area contributed by atoms with Crippen molar-refractivity contribution in [3.05, 3.63) is 15.6 Å². The Hall–Kier alpha value is -0.660. The van der Waals surface area contributed by atoms with Crippen molar-refractivity contribution in [3.8, 4) is 0 Å². The largest absolute Gasteiger partial charge is 0.413 e. The average Bonchev–Trinajstić information content (AvgIpc) is 2.43. The molecular formula is C9H13F3N2OS. The van der Waals surface area contributed by atoms with Crippen molar-refractivity contribution >= 4 is 11.3 Å². The average molecular weight is 254 g/mol. The number of hydrogen-bond donors (Lipinski definition) is 1. The molecule has 7 heteroatoms. The number of hydroxylamine groups is 1. The van der Waals surface area contributed by atoms with Crippen LogP contribution in [0.3, 0.4) is 0 Å². The third-order valence-corrected chi connectivity index (χ3v) is 3.08. The number of alkyl halides is 3. The minimum Gasteiger partial charge on any atom is -0.292 e. The zero-order valence-electron chi connectivity index (χ0n) is 9.18. The van der Waals surface area contributed by atoms with E-state index in [1.807, 2.05) is 13.8 Å². The maximum Gasteiger partial charge on any atom is 0.413 e. The highest BCUT2D eigenvalue weighted by molar-refractivity contribution is 7.11. The summed E-state index contributed by atoms with van der Waals surface area (Å²) in [4.78, 5) is 9.46. The second-order valence-corrected chi connectivity index (χ2v) is 4.66. The highest BCUT2D eigenvalue weighted by Gasteiger charge is 2.28. The summed E-state index contributed by atoms with van der Waals surface area (Å²) in [5.41, 5.74) is 3.18. The van der Waals surface area contributed by atoms with E-state index < -0.39 is 12.8 Å². The van der Waals surface area contributed by atoms with Crippen molar-refractivity contribution in [1.82, 2.24) is 10.5 Å². The highest BCUT2D eigenvalue weighted by Crippen LogP contribution is 2.24. The zero-order valence-corrected chi connectivity index (χ0v) is 10.00. The first-order valence-electron chi connectivity index (χ1n) is 4.67. The number of aromatic nitrogens is 1. The van der Waals surface area contributed by atoms with Gasteiger partial charge in [-0.2, -0.15) is 18.7 Å². The van der Waals surface area contributed by atoms with Crippen molar-refractivity contribution in [2.45, 2.75) is 33.0 Å². The summed E-state index contributed by atoms with van der Waals surface area (Å²) in [6.45, 7) is 4.11. The molecule has 0 aliphatic rings. The SMILES string of the molecule is Cc1nc(C)c(C(C)NOCC(F)(F)F)s1. The van der Waals surface area contributed by atoms with Gasteiger partial charge in [0.2, 0.25) is 0 Å². The van der Waals surface area contributed by atoms with Crippen molar-refractivity contribution in [2.24, 2.45) is 0 Å². The molecule has 92 valence electrons. The molecule has 0 bridgehead atoms. The van der Waals surface area contributed by atoms with Gasteiger partial charge in [0.1, 0.15) is 0 Å². The molecule has 0 aromatic carbocycles. The van der Waals surface area contributed by atoms with Gasteiger partial charge in [0, 0.05) is 4.88 Å². The summed E-state index contributed by atoms with van der Waals surface area (Å²) in [5, 5.41) is 0.886. The van der Waals surface area contributed by atoms with E-state index in [1.165, 1.54) is 11.3 Å². The van der Waals surface area contributed by atoms with Gasteiger partial charge in [-0.1, -0.05) is 0 Å². The van der Waals surface area contributed by atoms with E-state index in [1.54, 1.807) is 6.92 Å². The molecule has 1 atom stereocenters. The van der Waals surface area contributed by atoms with E-state index in [4.69, 9.17) is 0 Å². The fourth-order valence-electron chi connectivity index (χ4n) is 1.25. The molecule has 16 heavy (non-hydrogen) atoms. The first-order chi connectivity index (χ1) is 7.29. The molecular weight excluding hydrogens is 241 g/mol. The second kappa shape index (κ2) is 5.11. The smallest absolute Gasteiger partial charge is 0.292 e. The first-order valence-corrected chi connectivity index (χ1v) is 5.49. The van der Waals surface area contributed by atoms with Crippen LogP contribution in [0.4, 0.5) is 13.2 Å². The van der Waals surface area contributed by atoms with Gasteiger partial charge in [0.05, 0.1) is 16.7 Å². The van der Waals surface area contributed by atoms with Crippen LogP contribution in [-0.2, 0) is 4.84 Å². The number of halogens is 3. The molecule has 0 saturated carbocycles. The normalized spacial score (nSPS) is 14.1. The lowest BCUT2D eigenvalue weighted by Gasteiger charge is -2.13. The minimum atomic E-state index is -4.31. The molecule has 1 heterocycles. The summed E-state index contributed by atoms with van der Waals surface area (Å²) in [5.74, 6) is 0. The number of thiazole rings is 1. The van der Waals surface area contributed by atoms with E-state index in [0.29, 0.717) is 0 Å². The maximum atomic E-state index is 11.8. The quantitative estimate of drug-likeness (QED) is 0.839. The standard InChI is InChI=1S/C9H13F3N2OS/c1-5-8(16-7(3)13-5)6(2)14-15-4-9(10,11)12/h6,14H,4H2,1-3H3. The summed E-state index contributed by atoms with van der Waals surface area (Å²) in [6, 6.07) is -0.298. The Balaban J connectivity index is 2.47. The molecule has 0 fully saturated rings. The van der Waals surface area contributed by atoms with Crippen LogP contribution in [-0.4, -0.2) is 17.8 Å². The van der Waals surface area contributed by atoms with Crippen LogP contribution in [0.15, 0.2) is 0 Å². The Bertz CT molecular complexity index is 351. The van der Waals surface area contributed by atoms with E-state index in [9.17, 15) is 13.2 Å². The van der Waals surface area contributed by atoms with Crippen molar-refractivity contribution < 1.29 is 18.0 Å². The predicted molar refractivity (Wildman–Crippen MR) is 55.1 cm³/mol. The molecule has 1 unspecified atom stereocenters. The van der Waals surface area contributed by atoms with Crippen LogP contribution >= 0.6 is 11.3 Å². The lowest BCUT2D eigenvalue weighted by atomic mass is 10.2. The van der Waals surface area contributed by atoms with Crippen LogP contribution in [0.2, 0.25) is 0 Å². The fourth-order valence-corrected chi connectivity index (χ4v) is 2.17. The van der Waals surface area contributed by atoms with E-state index in [2.05, 4.69) is 15.3 Å². The van der Waals surface area contributed by atoms with Gasteiger partial charge in [-0.15, -0.1) is 11.3 Å². The maximum absolute atomic E-state index is 11.8. The Morgan fingerprint density at radius 3 is 2.50 bits per heavy atom. The van der Waals surface area contributed by atoms with Crippen molar-refractivity contribution in [1.29, 1.82) is 0 Å². The summed E-state index contributed by atoms with van der Waals surface area (Å²) < 4.78 is 35.5. The Morgan fingerprint density at radius 1 is 1.44 bits per heavy atom. The van der Waals surface area contributed by atoms with E-state index in [-0.39, 0.29) is 6.04 Å². The van der Waals surface area contributed by atoms with Crippen LogP contribution in [0.25, 0.3) is 0 Å². The molecule has 0 aliphatic heterocycles. The molecule has 0 aliphatic carbocycles. The molecule has 1 aromatic heterocycles. The Kier molecular flexibility index (Phi) is 4.28. The van der Waals surface area contributed by atoms with Crippen molar-refractivity contribution in [3.63, 3.8) is 0 Å². The van der Waals surface area contributed by atoms with Gasteiger partial charge >= 0.3 is 6.18 Å². The molecule has 0 saturated heterocycles. The monoisotopic (exact) mass is 254 g/mol. The zero-order chi connectivity index (χ0) is 12.3. The molecule has 0 spiro atoms. The van der Waals surface area contributed by atoms with Gasteiger partial charge in [-0.3, -0.25) is 4.84 Å². The van der Waals surface area contributed by atoms with Gasteiger partial charge in [0.25, 0.3) is 0 Å². The molecule has 1 aromatic rings. The third kappa shape index (κ3) is 4.07. The van der Waals surface area contributed by atoms with Crippen LogP contribution in [0, 0.1) is 13.8 Å². The number of hydrogen-bond acceptors (Lipinski definition) is 4. The van der Waals surface area contributed by atoms with E-state index in [0.717, 1.165) is 15.6 Å². The van der Waals surface area contributed by atoms with Gasteiger partial charge < -0.3 is 0 Å².